The zero-order valence-corrected chi connectivity index (χ0v) is 18.5. The molecule has 172 valence electrons. The van der Waals surface area contributed by atoms with Crippen LogP contribution in [0, 0.1) is 5.92 Å². The molecular formula is C19H30N6O5S. The molecule has 2 rings (SSSR count). The van der Waals surface area contributed by atoms with Crippen LogP contribution in [0.15, 0.2) is 12.5 Å². The van der Waals surface area contributed by atoms with E-state index in [4.69, 9.17) is 10.8 Å². The fourth-order valence-electron chi connectivity index (χ4n) is 3.34. The van der Waals surface area contributed by atoms with Crippen molar-refractivity contribution in [1.29, 1.82) is 0 Å². The van der Waals surface area contributed by atoms with Gasteiger partial charge in [-0.1, -0.05) is 13.8 Å². The number of carboxylic acids is 1. The lowest BCUT2D eigenvalue weighted by Crippen LogP contribution is -2.58. The van der Waals surface area contributed by atoms with E-state index in [1.807, 2.05) is 0 Å². The van der Waals surface area contributed by atoms with E-state index >= 15 is 0 Å². The maximum Gasteiger partial charge on any atom is 0.327 e. The first-order valence-electron chi connectivity index (χ1n) is 10.1. The molecule has 31 heavy (non-hydrogen) atoms. The van der Waals surface area contributed by atoms with Gasteiger partial charge in [-0.05, 0) is 18.8 Å². The number of amides is 3. The lowest BCUT2D eigenvalue weighted by atomic mass is 10.0. The summed E-state index contributed by atoms with van der Waals surface area (Å²) < 4.78 is 0. The standard InChI is InChI=1S/C19H30N6O5S/c1-10(2)15(20)17(27)23-12(6-11-7-21-9-22-11)18(28)25-5-3-4-14(25)16(26)24-13(8-31)19(29)30/h7,9-10,12-15,31H,3-6,8,20H2,1-2H3,(H,21,22)(H,23,27)(H,24,26)(H,29,30). The number of nitrogens with zero attached hydrogens (tertiary/aromatic N) is 2. The van der Waals surface area contributed by atoms with Gasteiger partial charge < -0.3 is 31.4 Å². The predicted octanol–water partition coefficient (Wildman–Crippen LogP) is -1.09. The Labute approximate surface area is 185 Å². The van der Waals surface area contributed by atoms with Crippen molar-refractivity contribution in [2.24, 2.45) is 11.7 Å². The Morgan fingerprint density at radius 2 is 2.03 bits per heavy atom. The van der Waals surface area contributed by atoms with E-state index < -0.39 is 47.9 Å². The molecule has 1 aliphatic rings. The second-order valence-electron chi connectivity index (χ2n) is 7.88. The number of nitrogens with two attached hydrogens (primary N) is 1. The first kappa shape index (κ1) is 24.7. The Hall–Kier alpha value is -2.60. The van der Waals surface area contributed by atoms with Gasteiger partial charge >= 0.3 is 5.97 Å². The maximum atomic E-state index is 13.3. The monoisotopic (exact) mass is 454 g/mol. The number of nitrogens with one attached hydrogen (secondary N) is 3. The van der Waals surface area contributed by atoms with Crippen LogP contribution in [-0.2, 0) is 25.6 Å². The summed E-state index contributed by atoms with van der Waals surface area (Å²) in [6.07, 6.45) is 4.14. The molecule has 11 nitrogen and oxygen atoms in total. The molecule has 3 amide bonds. The van der Waals surface area contributed by atoms with Gasteiger partial charge in [0.1, 0.15) is 18.1 Å². The number of hydrogen-bond acceptors (Lipinski definition) is 7. The van der Waals surface area contributed by atoms with Gasteiger partial charge in [0, 0.05) is 30.6 Å². The molecule has 2 heterocycles. The molecule has 0 radical (unpaired) electrons. The van der Waals surface area contributed by atoms with Crippen molar-refractivity contribution in [1.82, 2.24) is 25.5 Å². The van der Waals surface area contributed by atoms with Gasteiger partial charge in [-0.25, -0.2) is 9.78 Å². The third kappa shape index (κ3) is 6.44. The van der Waals surface area contributed by atoms with E-state index in [1.165, 1.54) is 11.2 Å². The van der Waals surface area contributed by atoms with Gasteiger partial charge in [0.2, 0.25) is 17.7 Å². The Morgan fingerprint density at radius 3 is 2.58 bits per heavy atom. The molecule has 1 aromatic heterocycles. The molecular weight excluding hydrogens is 424 g/mol. The number of thiol groups is 1. The summed E-state index contributed by atoms with van der Waals surface area (Å²) in [5.41, 5.74) is 6.56. The van der Waals surface area contributed by atoms with Crippen molar-refractivity contribution < 1.29 is 24.3 Å². The van der Waals surface area contributed by atoms with Crippen LogP contribution in [0.25, 0.3) is 0 Å². The van der Waals surface area contributed by atoms with Gasteiger partial charge in [-0.2, -0.15) is 12.6 Å². The number of likely N-dealkylation sites (tertiary alicyclic amines) is 1. The molecule has 0 bridgehead atoms. The highest BCUT2D eigenvalue weighted by Gasteiger charge is 2.39. The number of hydrogen-bond donors (Lipinski definition) is 6. The second-order valence-corrected chi connectivity index (χ2v) is 8.25. The molecule has 1 fully saturated rings. The van der Waals surface area contributed by atoms with Gasteiger partial charge in [-0.15, -0.1) is 0 Å². The number of imidazole rings is 1. The Morgan fingerprint density at radius 1 is 1.32 bits per heavy atom. The van der Waals surface area contributed by atoms with Crippen LogP contribution in [0.4, 0.5) is 0 Å². The summed E-state index contributed by atoms with van der Waals surface area (Å²) in [4.78, 5) is 58.0. The highest BCUT2D eigenvalue weighted by atomic mass is 32.1. The van der Waals surface area contributed by atoms with Crippen molar-refractivity contribution >= 4 is 36.3 Å². The van der Waals surface area contributed by atoms with Crippen LogP contribution in [0.1, 0.15) is 32.4 Å². The van der Waals surface area contributed by atoms with Crippen LogP contribution < -0.4 is 16.4 Å². The van der Waals surface area contributed by atoms with Crippen molar-refractivity contribution in [2.75, 3.05) is 12.3 Å². The quantitative estimate of drug-likeness (QED) is 0.244. The van der Waals surface area contributed by atoms with E-state index in [2.05, 4.69) is 33.2 Å². The summed E-state index contributed by atoms with van der Waals surface area (Å²) in [5.74, 6) is -2.86. The molecule has 0 aliphatic carbocycles. The summed E-state index contributed by atoms with van der Waals surface area (Å²) in [6.45, 7) is 3.93. The zero-order chi connectivity index (χ0) is 23.1. The van der Waals surface area contributed by atoms with Crippen molar-refractivity contribution in [3.63, 3.8) is 0 Å². The lowest BCUT2D eigenvalue weighted by molar-refractivity contribution is -0.144. The number of aliphatic carboxylic acids is 1. The number of aromatic amines is 1. The molecule has 1 aromatic rings. The summed E-state index contributed by atoms with van der Waals surface area (Å²) >= 11 is 3.95. The van der Waals surface area contributed by atoms with Crippen LogP contribution in [0.2, 0.25) is 0 Å². The number of carbonyl (C=O) groups excluding carboxylic acids is 3. The van der Waals surface area contributed by atoms with Crippen molar-refractivity contribution in [3.05, 3.63) is 18.2 Å². The van der Waals surface area contributed by atoms with Crippen LogP contribution >= 0.6 is 12.6 Å². The normalized spacial score (nSPS) is 19.0. The number of aromatic nitrogens is 2. The fraction of sp³-hybridized carbons (Fsp3) is 0.632. The van der Waals surface area contributed by atoms with Crippen molar-refractivity contribution in [3.8, 4) is 0 Å². The van der Waals surface area contributed by atoms with Gasteiger partial charge in [0.25, 0.3) is 0 Å². The molecule has 4 atom stereocenters. The molecule has 0 spiro atoms. The second kappa shape index (κ2) is 11.1. The van der Waals surface area contributed by atoms with Gasteiger partial charge in [0.15, 0.2) is 0 Å². The number of rotatable bonds is 10. The molecule has 4 unspecified atom stereocenters. The number of H-pyrrole nitrogens is 1. The minimum Gasteiger partial charge on any atom is -0.480 e. The highest BCUT2D eigenvalue weighted by Crippen LogP contribution is 2.20. The first-order valence-corrected chi connectivity index (χ1v) is 10.8. The summed E-state index contributed by atoms with van der Waals surface area (Å²) in [6, 6.07) is -3.72. The molecule has 6 N–H and O–H groups in total. The van der Waals surface area contributed by atoms with E-state index in [9.17, 15) is 19.2 Å². The lowest BCUT2D eigenvalue weighted by Gasteiger charge is -2.30. The van der Waals surface area contributed by atoms with Crippen LogP contribution in [0.3, 0.4) is 0 Å². The molecule has 12 heteroatoms. The highest BCUT2D eigenvalue weighted by molar-refractivity contribution is 7.80. The van der Waals surface area contributed by atoms with Crippen LogP contribution in [0.5, 0.6) is 0 Å². The Balaban J connectivity index is 2.18. The van der Waals surface area contributed by atoms with Crippen molar-refractivity contribution in [2.45, 2.75) is 57.3 Å². The molecule has 0 saturated carbocycles. The Kier molecular flexibility index (Phi) is 8.87. The average molecular weight is 455 g/mol. The third-order valence-corrected chi connectivity index (χ3v) is 5.62. The first-order chi connectivity index (χ1) is 14.6. The van der Waals surface area contributed by atoms with E-state index in [0.717, 1.165) is 0 Å². The third-order valence-electron chi connectivity index (χ3n) is 5.25. The minimum absolute atomic E-state index is 0.0761. The van der Waals surface area contributed by atoms with Crippen LogP contribution in [-0.4, -0.2) is 80.1 Å². The topological polar surface area (TPSA) is 171 Å². The smallest absolute Gasteiger partial charge is 0.327 e. The maximum absolute atomic E-state index is 13.3. The minimum atomic E-state index is -1.20. The van der Waals surface area contributed by atoms with Gasteiger partial charge in [-0.3, -0.25) is 14.4 Å². The molecule has 1 saturated heterocycles. The van der Waals surface area contributed by atoms with Gasteiger partial charge in [0.05, 0.1) is 12.4 Å². The summed E-state index contributed by atoms with van der Waals surface area (Å²) in [7, 11) is 0. The zero-order valence-electron chi connectivity index (χ0n) is 17.6. The Bertz CT molecular complexity index is 787. The fourth-order valence-corrected chi connectivity index (χ4v) is 3.59. The SMILES string of the molecule is CC(C)C(N)C(=O)NC(Cc1cnc[nH]1)C(=O)N1CCCC1C(=O)NC(CS)C(=O)O. The molecule has 1 aliphatic heterocycles. The predicted molar refractivity (Wildman–Crippen MR) is 115 cm³/mol. The molecule has 0 aromatic carbocycles. The number of carboxylic acid groups (broad SMARTS) is 1. The largest absolute Gasteiger partial charge is 0.480 e. The van der Waals surface area contributed by atoms with E-state index in [0.29, 0.717) is 25.1 Å². The van der Waals surface area contributed by atoms with E-state index in [1.54, 1.807) is 20.0 Å². The number of carbonyl (C=O) groups is 4. The van der Waals surface area contributed by atoms with E-state index in [-0.39, 0.29) is 18.1 Å². The summed E-state index contributed by atoms with van der Waals surface area (Å²) in [5, 5.41) is 14.3. The average Bonchev–Trinajstić information content (AvgIpc) is 3.41.